The molecule has 4 rings (SSSR count). The van der Waals surface area contributed by atoms with E-state index >= 15 is 0 Å². The van der Waals surface area contributed by atoms with Crippen LogP contribution in [0.3, 0.4) is 0 Å². The number of sulfonamides is 1. The number of anilines is 1. The molecule has 3 aromatic rings. The Hall–Kier alpha value is -2.87. The maximum Gasteiger partial charge on any atom is 0.263 e. The zero-order chi connectivity index (χ0) is 21.7. The Bertz CT molecular complexity index is 1130. The lowest BCUT2D eigenvalue weighted by atomic mass is 9.87. The summed E-state index contributed by atoms with van der Waals surface area (Å²) in [5.41, 5.74) is 1.25. The minimum Gasteiger partial charge on any atom is -0.497 e. The van der Waals surface area contributed by atoms with Crippen LogP contribution in [0.5, 0.6) is 11.6 Å². The number of nitrogens with one attached hydrogen (secondary N) is 1. The van der Waals surface area contributed by atoms with Gasteiger partial charge in [-0.15, -0.1) is 0 Å². The van der Waals surface area contributed by atoms with E-state index in [9.17, 15) is 8.42 Å². The van der Waals surface area contributed by atoms with E-state index in [2.05, 4.69) is 14.7 Å². The van der Waals surface area contributed by atoms with Crippen LogP contribution in [0.2, 0.25) is 0 Å². The number of methoxy groups -OCH3 is 1. The SMILES string of the molecule is COc1ccc(S(=O)(=O)Nc2nc3ccccc3nc2OCCC2CCCCC2)cc1. The van der Waals surface area contributed by atoms with Gasteiger partial charge in [-0.25, -0.2) is 18.4 Å². The second-order valence-corrected chi connectivity index (χ2v) is 9.47. The lowest BCUT2D eigenvalue weighted by molar-refractivity contribution is 0.241. The van der Waals surface area contributed by atoms with Gasteiger partial charge >= 0.3 is 0 Å². The molecule has 7 nitrogen and oxygen atoms in total. The van der Waals surface area contributed by atoms with Gasteiger partial charge in [-0.1, -0.05) is 44.2 Å². The highest BCUT2D eigenvalue weighted by Crippen LogP contribution is 2.29. The van der Waals surface area contributed by atoms with Crippen LogP contribution in [0.4, 0.5) is 5.82 Å². The molecule has 0 unspecified atom stereocenters. The highest BCUT2D eigenvalue weighted by molar-refractivity contribution is 7.92. The molecule has 2 aromatic carbocycles. The fourth-order valence-corrected chi connectivity index (χ4v) is 4.89. The van der Waals surface area contributed by atoms with Crippen LogP contribution < -0.4 is 14.2 Å². The predicted octanol–water partition coefficient (Wildman–Crippen LogP) is 4.79. The van der Waals surface area contributed by atoms with Crippen LogP contribution in [0.1, 0.15) is 38.5 Å². The molecule has 1 N–H and O–H groups in total. The Morgan fingerprint density at radius 3 is 2.32 bits per heavy atom. The first-order chi connectivity index (χ1) is 15.0. The van der Waals surface area contributed by atoms with Gasteiger partial charge in [0.25, 0.3) is 15.9 Å². The molecule has 0 bridgehead atoms. The van der Waals surface area contributed by atoms with Crippen molar-refractivity contribution in [3.05, 3.63) is 48.5 Å². The molecule has 0 amide bonds. The molecule has 0 atom stereocenters. The van der Waals surface area contributed by atoms with E-state index in [1.807, 2.05) is 18.2 Å². The summed E-state index contributed by atoms with van der Waals surface area (Å²) < 4.78 is 39.5. The first-order valence-electron chi connectivity index (χ1n) is 10.6. The highest BCUT2D eigenvalue weighted by atomic mass is 32.2. The van der Waals surface area contributed by atoms with Crippen LogP contribution in [0, 0.1) is 5.92 Å². The van der Waals surface area contributed by atoms with Crippen molar-refractivity contribution in [2.24, 2.45) is 5.92 Å². The van der Waals surface area contributed by atoms with E-state index in [0.29, 0.717) is 29.3 Å². The van der Waals surface area contributed by atoms with Crippen LogP contribution in [0.25, 0.3) is 11.0 Å². The number of para-hydroxylation sites is 2. The summed E-state index contributed by atoms with van der Waals surface area (Å²) in [5, 5.41) is 0. The van der Waals surface area contributed by atoms with Gasteiger partial charge in [0.2, 0.25) is 5.82 Å². The Labute approximate surface area is 182 Å². The molecule has 1 fully saturated rings. The van der Waals surface area contributed by atoms with Gasteiger partial charge in [-0.3, -0.25) is 4.72 Å². The number of fused-ring (bicyclic) bond motifs is 1. The summed E-state index contributed by atoms with van der Waals surface area (Å²) in [6.07, 6.45) is 7.23. The van der Waals surface area contributed by atoms with Gasteiger partial charge < -0.3 is 9.47 Å². The van der Waals surface area contributed by atoms with Gasteiger partial charge in [-0.2, -0.15) is 0 Å². The smallest absolute Gasteiger partial charge is 0.263 e. The average Bonchev–Trinajstić information content (AvgIpc) is 2.80. The molecule has 1 aliphatic rings. The second kappa shape index (κ2) is 9.51. The molecule has 1 heterocycles. The van der Waals surface area contributed by atoms with Crippen LogP contribution in [-0.4, -0.2) is 32.1 Å². The van der Waals surface area contributed by atoms with Crippen LogP contribution >= 0.6 is 0 Å². The number of rotatable bonds is 8. The van der Waals surface area contributed by atoms with Gasteiger partial charge in [0, 0.05) is 0 Å². The van der Waals surface area contributed by atoms with E-state index in [1.165, 1.54) is 51.3 Å². The number of aromatic nitrogens is 2. The lowest BCUT2D eigenvalue weighted by Crippen LogP contribution is -2.17. The lowest BCUT2D eigenvalue weighted by Gasteiger charge is -2.21. The zero-order valence-corrected chi connectivity index (χ0v) is 18.4. The predicted molar refractivity (Wildman–Crippen MR) is 120 cm³/mol. The first kappa shape index (κ1) is 21.4. The third-order valence-corrected chi connectivity index (χ3v) is 6.98. The van der Waals surface area contributed by atoms with Crippen LogP contribution in [-0.2, 0) is 10.0 Å². The molecule has 0 saturated heterocycles. The first-order valence-corrected chi connectivity index (χ1v) is 12.1. The molecule has 0 aliphatic heterocycles. The number of nitrogens with zero attached hydrogens (tertiary/aromatic N) is 2. The van der Waals surface area contributed by atoms with Gasteiger partial charge in [0.1, 0.15) is 5.75 Å². The summed E-state index contributed by atoms with van der Waals surface area (Å²) in [5.74, 6) is 1.53. The average molecular weight is 442 g/mol. The molecule has 1 aromatic heterocycles. The van der Waals surface area contributed by atoms with E-state index in [4.69, 9.17) is 9.47 Å². The number of benzene rings is 2. The summed E-state index contributed by atoms with van der Waals surface area (Å²) in [6, 6.07) is 13.5. The summed E-state index contributed by atoms with van der Waals surface area (Å²) in [4.78, 5) is 9.12. The quantitative estimate of drug-likeness (QED) is 0.541. The molecule has 1 saturated carbocycles. The molecular formula is C23H27N3O4S. The summed E-state index contributed by atoms with van der Waals surface area (Å²) >= 11 is 0. The number of ether oxygens (including phenoxy) is 2. The van der Waals surface area contributed by atoms with Crippen molar-refractivity contribution >= 4 is 26.9 Å². The van der Waals surface area contributed by atoms with Crippen molar-refractivity contribution in [3.8, 4) is 11.6 Å². The molecule has 8 heteroatoms. The van der Waals surface area contributed by atoms with Gasteiger partial charge in [0.05, 0.1) is 29.6 Å². The fraction of sp³-hybridized carbons (Fsp3) is 0.391. The number of hydrogen-bond donors (Lipinski definition) is 1. The number of hydrogen-bond acceptors (Lipinski definition) is 6. The minimum absolute atomic E-state index is 0.0955. The topological polar surface area (TPSA) is 90.4 Å². The third-order valence-electron chi connectivity index (χ3n) is 5.63. The molecule has 0 radical (unpaired) electrons. The normalized spacial score (nSPS) is 15.0. The zero-order valence-electron chi connectivity index (χ0n) is 17.6. The molecule has 164 valence electrons. The van der Waals surface area contributed by atoms with Crippen molar-refractivity contribution in [2.75, 3.05) is 18.4 Å². The summed E-state index contributed by atoms with van der Waals surface area (Å²) in [7, 11) is -2.33. The van der Waals surface area contributed by atoms with Crippen molar-refractivity contribution in [1.29, 1.82) is 0 Å². The summed E-state index contributed by atoms with van der Waals surface area (Å²) in [6.45, 7) is 0.481. The van der Waals surface area contributed by atoms with E-state index in [-0.39, 0.29) is 16.6 Å². The Morgan fingerprint density at radius 2 is 1.65 bits per heavy atom. The van der Waals surface area contributed by atoms with Crippen molar-refractivity contribution < 1.29 is 17.9 Å². The van der Waals surface area contributed by atoms with E-state index < -0.39 is 10.0 Å². The van der Waals surface area contributed by atoms with Crippen molar-refractivity contribution in [1.82, 2.24) is 9.97 Å². The molecule has 0 spiro atoms. The van der Waals surface area contributed by atoms with E-state index in [1.54, 1.807) is 18.2 Å². The molecular weight excluding hydrogens is 414 g/mol. The molecule has 31 heavy (non-hydrogen) atoms. The molecule has 1 aliphatic carbocycles. The van der Waals surface area contributed by atoms with Crippen molar-refractivity contribution in [3.63, 3.8) is 0 Å². The van der Waals surface area contributed by atoms with E-state index in [0.717, 1.165) is 6.42 Å². The Morgan fingerprint density at radius 1 is 0.968 bits per heavy atom. The second-order valence-electron chi connectivity index (χ2n) is 7.79. The highest BCUT2D eigenvalue weighted by Gasteiger charge is 2.20. The van der Waals surface area contributed by atoms with Gasteiger partial charge in [-0.05, 0) is 48.7 Å². The van der Waals surface area contributed by atoms with Crippen LogP contribution in [0.15, 0.2) is 53.4 Å². The Balaban J connectivity index is 1.57. The minimum atomic E-state index is -3.86. The standard InChI is InChI=1S/C23H27N3O4S/c1-29-18-11-13-19(14-12-18)31(27,28)26-22-23(25-21-10-6-5-9-20(21)24-22)30-16-15-17-7-3-2-4-8-17/h5-6,9-14,17H,2-4,7-8,15-16H2,1H3,(H,24,26). The third kappa shape index (κ3) is 5.25. The maximum atomic E-state index is 12.9. The van der Waals surface area contributed by atoms with Crippen molar-refractivity contribution in [2.45, 2.75) is 43.4 Å². The van der Waals surface area contributed by atoms with Gasteiger partial charge in [0.15, 0.2) is 0 Å². The Kier molecular flexibility index (Phi) is 6.56. The fourth-order valence-electron chi connectivity index (χ4n) is 3.89. The monoisotopic (exact) mass is 441 g/mol. The largest absolute Gasteiger partial charge is 0.497 e. The maximum absolute atomic E-state index is 12.9.